The second-order valence-corrected chi connectivity index (χ2v) is 4.34. The van der Waals surface area contributed by atoms with E-state index >= 15 is 0 Å². The third-order valence-electron chi connectivity index (χ3n) is 2.70. The fraction of sp³-hybridized carbons (Fsp3) is 0.545. The Kier molecular flexibility index (Phi) is 2.61. The van der Waals surface area contributed by atoms with Crippen molar-refractivity contribution in [2.75, 3.05) is 18.0 Å². The summed E-state index contributed by atoms with van der Waals surface area (Å²) in [5, 5.41) is 9.91. The largest absolute Gasteiger partial charge is 0.388 e. The normalized spacial score (nSPS) is 26.7. The molecule has 3 nitrogen and oxygen atoms in total. The van der Waals surface area contributed by atoms with Crippen molar-refractivity contribution in [3.63, 3.8) is 0 Å². The zero-order valence-corrected chi connectivity index (χ0v) is 8.78. The Morgan fingerprint density at radius 2 is 2.33 bits per heavy atom. The number of nitrogens with zero attached hydrogens (tertiary/aromatic N) is 2. The molecule has 15 heavy (non-hydrogen) atoms. The van der Waals surface area contributed by atoms with Crippen LogP contribution in [0.4, 0.5) is 10.2 Å². The van der Waals surface area contributed by atoms with Crippen molar-refractivity contribution in [1.29, 1.82) is 0 Å². The monoisotopic (exact) mass is 210 g/mol. The van der Waals surface area contributed by atoms with Gasteiger partial charge in [0.15, 0.2) is 0 Å². The molecule has 1 fully saturated rings. The molecule has 1 aliphatic heterocycles. The second-order valence-electron chi connectivity index (χ2n) is 4.34. The summed E-state index contributed by atoms with van der Waals surface area (Å²) in [4.78, 5) is 5.73. The zero-order chi connectivity index (χ0) is 10.9. The zero-order valence-electron chi connectivity index (χ0n) is 8.78. The minimum atomic E-state index is -0.688. The Morgan fingerprint density at radius 3 is 3.00 bits per heavy atom. The van der Waals surface area contributed by atoms with Crippen molar-refractivity contribution in [2.24, 2.45) is 0 Å². The number of piperidine rings is 1. The first-order valence-corrected chi connectivity index (χ1v) is 5.17. The molecule has 1 atom stereocenters. The van der Waals surface area contributed by atoms with Crippen LogP contribution in [-0.4, -0.2) is 28.8 Å². The summed E-state index contributed by atoms with van der Waals surface area (Å²) in [5.41, 5.74) is -0.688. The molecule has 2 rings (SSSR count). The van der Waals surface area contributed by atoms with Crippen LogP contribution < -0.4 is 4.90 Å². The van der Waals surface area contributed by atoms with Crippen LogP contribution in [0.15, 0.2) is 18.2 Å². The van der Waals surface area contributed by atoms with E-state index in [-0.39, 0.29) is 0 Å². The lowest BCUT2D eigenvalue weighted by atomic mass is 9.95. The highest BCUT2D eigenvalue weighted by molar-refractivity contribution is 5.39. The van der Waals surface area contributed by atoms with Crippen LogP contribution in [0, 0.1) is 5.95 Å². The molecular weight excluding hydrogens is 195 g/mol. The lowest BCUT2D eigenvalue weighted by Gasteiger charge is -2.37. The van der Waals surface area contributed by atoms with Gasteiger partial charge in [-0.2, -0.15) is 4.39 Å². The van der Waals surface area contributed by atoms with E-state index in [4.69, 9.17) is 0 Å². The van der Waals surface area contributed by atoms with Gasteiger partial charge < -0.3 is 10.0 Å². The lowest BCUT2D eigenvalue weighted by molar-refractivity contribution is 0.0446. The van der Waals surface area contributed by atoms with Gasteiger partial charge in [-0.3, -0.25) is 0 Å². The van der Waals surface area contributed by atoms with Gasteiger partial charge in [-0.1, -0.05) is 6.07 Å². The molecule has 4 heteroatoms. The summed E-state index contributed by atoms with van der Waals surface area (Å²) in [6, 6.07) is 4.73. The quantitative estimate of drug-likeness (QED) is 0.715. The van der Waals surface area contributed by atoms with Crippen LogP contribution in [-0.2, 0) is 0 Å². The first kappa shape index (κ1) is 10.4. The van der Waals surface area contributed by atoms with Crippen molar-refractivity contribution >= 4 is 5.82 Å². The smallest absolute Gasteiger partial charge is 0.214 e. The molecule has 1 aliphatic rings. The molecule has 0 bridgehead atoms. The van der Waals surface area contributed by atoms with E-state index in [9.17, 15) is 9.50 Å². The predicted molar refractivity (Wildman–Crippen MR) is 56.3 cm³/mol. The number of aromatic nitrogens is 1. The average molecular weight is 210 g/mol. The van der Waals surface area contributed by atoms with Crippen molar-refractivity contribution in [3.8, 4) is 0 Å². The maximum absolute atomic E-state index is 12.9. The van der Waals surface area contributed by atoms with Gasteiger partial charge in [0.05, 0.1) is 5.60 Å². The number of hydrogen-bond acceptors (Lipinski definition) is 3. The molecule has 0 aliphatic carbocycles. The second kappa shape index (κ2) is 3.77. The number of aliphatic hydroxyl groups is 1. The van der Waals surface area contributed by atoms with Crippen molar-refractivity contribution in [3.05, 3.63) is 24.1 Å². The minimum Gasteiger partial charge on any atom is -0.388 e. The average Bonchev–Trinajstić information content (AvgIpc) is 2.16. The molecule has 0 saturated carbocycles. The molecule has 1 aromatic heterocycles. The first-order valence-electron chi connectivity index (χ1n) is 5.17. The summed E-state index contributed by atoms with van der Waals surface area (Å²) in [7, 11) is 0. The molecule has 1 aromatic rings. The van der Waals surface area contributed by atoms with Crippen LogP contribution in [0.25, 0.3) is 0 Å². The van der Waals surface area contributed by atoms with E-state index in [0.29, 0.717) is 12.4 Å². The summed E-state index contributed by atoms with van der Waals surface area (Å²) in [6.45, 7) is 3.15. The van der Waals surface area contributed by atoms with Gasteiger partial charge in [0.2, 0.25) is 5.95 Å². The molecule has 1 N–H and O–H groups in total. The van der Waals surface area contributed by atoms with Crippen LogP contribution in [0.1, 0.15) is 19.8 Å². The van der Waals surface area contributed by atoms with Crippen LogP contribution in [0.3, 0.4) is 0 Å². The van der Waals surface area contributed by atoms with E-state index in [1.807, 2.05) is 4.90 Å². The van der Waals surface area contributed by atoms with E-state index < -0.39 is 11.5 Å². The number of β-amino-alcohol motifs (C(OH)–C–C–N with tert-alkyl or cyclic N) is 1. The minimum absolute atomic E-state index is 0.474. The number of pyridine rings is 1. The highest BCUT2D eigenvalue weighted by atomic mass is 19.1. The van der Waals surface area contributed by atoms with E-state index in [1.54, 1.807) is 19.1 Å². The third-order valence-corrected chi connectivity index (χ3v) is 2.70. The van der Waals surface area contributed by atoms with Gasteiger partial charge in [0.1, 0.15) is 5.82 Å². The van der Waals surface area contributed by atoms with Crippen LogP contribution >= 0.6 is 0 Å². The molecular formula is C11H15FN2O. The van der Waals surface area contributed by atoms with Crippen LogP contribution in [0.5, 0.6) is 0 Å². The van der Waals surface area contributed by atoms with Gasteiger partial charge in [0, 0.05) is 13.1 Å². The SMILES string of the molecule is CC1(O)CCCN(c2cccc(F)n2)C1. The van der Waals surface area contributed by atoms with Gasteiger partial charge in [-0.15, -0.1) is 0 Å². The third kappa shape index (κ3) is 2.45. The Labute approximate surface area is 88.6 Å². The standard InChI is InChI=1S/C11H15FN2O/c1-11(15)6-3-7-14(8-11)10-5-2-4-9(12)13-10/h2,4-5,15H,3,6-8H2,1H3. The van der Waals surface area contributed by atoms with E-state index in [1.165, 1.54) is 6.07 Å². The molecule has 0 amide bonds. The summed E-state index contributed by atoms with van der Waals surface area (Å²) >= 11 is 0. The summed E-state index contributed by atoms with van der Waals surface area (Å²) in [5.74, 6) is 0.132. The van der Waals surface area contributed by atoms with E-state index in [0.717, 1.165) is 19.4 Å². The Morgan fingerprint density at radius 1 is 1.53 bits per heavy atom. The van der Waals surface area contributed by atoms with Crippen molar-refractivity contribution in [2.45, 2.75) is 25.4 Å². The van der Waals surface area contributed by atoms with Gasteiger partial charge in [-0.25, -0.2) is 4.98 Å². The Bertz CT molecular complexity index is 354. The highest BCUT2D eigenvalue weighted by Gasteiger charge is 2.28. The van der Waals surface area contributed by atoms with Gasteiger partial charge in [-0.05, 0) is 31.9 Å². The van der Waals surface area contributed by atoms with Crippen LogP contribution in [0.2, 0.25) is 0 Å². The Hall–Kier alpha value is -1.16. The maximum Gasteiger partial charge on any atom is 0.214 e. The number of anilines is 1. The molecule has 1 unspecified atom stereocenters. The summed E-state index contributed by atoms with van der Waals surface area (Å²) in [6.07, 6.45) is 1.70. The molecule has 82 valence electrons. The van der Waals surface area contributed by atoms with Crippen molar-refractivity contribution in [1.82, 2.24) is 4.98 Å². The molecule has 0 radical (unpaired) electrons. The molecule has 0 aromatic carbocycles. The van der Waals surface area contributed by atoms with E-state index in [2.05, 4.69) is 4.98 Å². The fourth-order valence-electron chi connectivity index (χ4n) is 1.99. The Balaban J connectivity index is 2.17. The maximum atomic E-state index is 12.9. The lowest BCUT2D eigenvalue weighted by Crippen LogP contribution is -2.46. The number of hydrogen-bond donors (Lipinski definition) is 1. The number of halogens is 1. The first-order chi connectivity index (χ1) is 7.07. The van der Waals surface area contributed by atoms with Crippen molar-refractivity contribution < 1.29 is 9.50 Å². The molecule has 0 spiro atoms. The molecule has 1 saturated heterocycles. The highest BCUT2D eigenvalue weighted by Crippen LogP contribution is 2.24. The van der Waals surface area contributed by atoms with Gasteiger partial charge in [0.25, 0.3) is 0 Å². The van der Waals surface area contributed by atoms with Gasteiger partial charge >= 0.3 is 0 Å². The predicted octanol–water partition coefficient (Wildman–Crippen LogP) is 1.57. The fourth-order valence-corrected chi connectivity index (χ4v) is 1.99. The summed E-state index contributed by atoms with van der Waals surface area (Å²) < 4.78 is 12.9. The topological polar surface area (TPSA) is 36.4 Å². The number of rotatable bonds is 1. The molecule has 2 heterocycles.